The maximum atomic E-state index is 14.8. The third kappa shape index (κ3) is 4.68. The van der Waals surface area contributed by atoms with Crippen LogP contribution in [0, 0.1) is 23.4 Å². The predicted molar refractivity (Wildman–Crippen MR) is 128 cm³/mol. The Labute approximate surface area is 205 Å². The van der Waals surface area contributed by atoms with Crippen molar-refractivity contribution in [3.63, 3.8) is 0 Å². The molecule has 0 saturated carbocycles. The third-order valence-corrected chi connectivity index (χ3v) is 6.45. The Morgan fingerprint density at radius 3 is 2.31 bits per heavy atom. The molecule has 8 nitrogen and oxygen atoms in total. The van der Waals surface area contributed by atoms with E-state index in [1.807, 2.05) is 20.8 Å². The predicted octanol–water partition coefficient (Wildman–Crippen LogP) is 2.51. The summed E-state index contributed by atoms with van der Waals surface area (Å²) in [5.41, 5.74) is -1.94. The molecule has 0 bridgehead atoms. The molecule has 192 valence electrons. The Kier molecular flexibility index (Phi) is 7.05. The van der Waals surface area contributed by atoms with Gasteiger partial charge in [0.05, 0.1) is 17.6 Å². The molecule has 4 rings (SSSR count). The second-order valence-electron chi connectivity index (χ2n) is 9.27. The van der Waals surface area contributed by atoms with Gasteiger partial charge in [0, 0.05) is 37.5 Å². The van der Waals surface area contributed by atoms with Crippen molar-refractivity contribution in [3.8, 4) is 5.69 Å². The largest absolute Gasteiger partial charge is 0.389 e. The maximum absolute atomic E-state index is 14.8. The Hall–Kier alpha value is -3.44. The van der Waals surface area contributed by atoms with Crippen molar-refractivity contribution in [2.75, 3.05) is 18.0 Å². The van der Waals surface area contributed by atoms with Gasteiger partial charge in [-0.3, -0.25) is 14.2 Å². The second-order valence-corrected chi connectivity index (χ2v) is 9.27. The standard InChI is InChI=1S/C25H27F3N4O4/c1-4-18(12(2)3)29-25(36)15-9-32(22-16(27)7-13(26)8-17(22)28)24-14(23(15)35)5-6-21(30-24)31-10-19(33)20(34)11-31/h5-9,12,18-20,33-34H,4,10-11H2,1-3H3,(H,29,36)/t18-,19-,20-/m1/s1. The zero-order chi connectivity index (χ0) is 26.3. The van der Waals surface area contributed by atoms with Crippen LogP contribution >= 0.6 is 0 Å². The zero-order valence-corrected chi connectivity index (χ0v) is 20.0. The van der Waals surface area contributed by atoms with Crippen molar-refractivity contribution in [1.29, 1.82) is 0 Å². The summed E-state index contributed by atoms with van der Waals surface area (Å²) in [6.07, 6.45) is -0.438. The van der Waals surface area contributed by atoms with E-state index in [0.29, 0.717) is 18.6 Å². The maximum Gasteiger partial charge on any atom is 0.257 e. The van der Waals surface area contributed by atoms with E-state index in [1.165, 1.54) is 12.1 Å². The van der Waals surface area contributed by atoms with E-state index >= 15 is 0 Å². The van der Waals surface area contributed by atoms with Crippen molar-refractivity contribution in [1.82, 2.24) is 14.9 Å². The van der Waals surface area contributed by atoms with Gasteiger partial charge in [-0.25, -0.2) is 18.2 Å². The number of pyridine rings is 2. The molecule has 0 radical (unpaired) electrons. The highest BCUT2D eigenvalue weighted by Crippen LogP contribution is 2.26. The molecular weight excluding hydrogens is 477 g/mol. The van der Waals surface area contributed by atoms with Crippen LogP contribution in [-0.2, 0) is 0 Å². The lowest BCUT2D eigenvalue weighted by molar-refractivity contribution is 0.0572. The number of aliphatic hydroxyl groups excluding tert-OH is 2. The van der Waals surface area contributed by atoms with Crippen LogP contribution < -0.4 is 15.6 Å². The number of β-amino-alcohol motifs (C(OH)–C–C–N with tert-alkyl or cyclic N) is 2. The van der Waals surface area contributed by atoms with Crippen molar-refractivity contribution in [2.45, 2.75) is 45.4 Å². The highest BCUT2D eigenvalue weighted by molar-refractivity contribution is 5.97. The van der Waals surface area contributed by atoms with Crippen LogP contribution in [0.5, 0.6) is 0 Å². The number of carbonyl (C=O) groups excluding carboxylic acids is 1. The molecule has 1 amide bonds. The van der Waals surface area contributed by atoms with Crippen LogP contribution in [0.3, 0.4) is 0 Å². The van der Waals surface area contributed by atoms with Gasteiger partial charge in [0.1, 0.15) is 22.9 Å². The third-order valence-electron chi connectivity index (χ3n) is 6.45. The van der Waals surface area contributed by atoms with Crippen LogP contribution in [0.1, 0.15) is 37.6 Å². The number of nitrogens with one attached hydrogen (secondary N) is 1. The van der Waals surface area contributed by atoms with E-state index in [-0.39, 0.29) is 47.5 Å². The first-order valence-corrected chi connectivity index (χ1v) is 11.6. The van der Waals surface area contributed by atoms with Crippen LogP contribution in [0.15, 0.2) is 35.3 Å². The Morgan fingerprint density at radius 2 is 1.75 bits per heavy atom. The number of halogens is 3. The molecule has 11 heteroatoms. The monoisotopic (exact) mass is 504 g/mol. The molecule has 2 aromatic heterocycles. The zero-order valence-electron chi connectivity index (χ0n) is 20.0. The molecule has 36 heavy (non-hydrogen) atoms. The van der Waals surface area contributed by atoms with Crippen LogP contribution in [0.2, 0.25) is 0 Å². The topological polar surface area (TPSA) is 108 Å². The van der Waals surface area contributed by atoms with Gasteiger partial charge in [-0.05, 0) is 24.5 Å². The first-order chi connectivity index (χ1) is 17.0. The van der Waals surface area contributed by atoms with E-state index < -0.39 is 46.7 Å². The number of aromatic nitrogens is 2. The number of benzene rings is 1. The average molecular weight is 505 g/mol. The van der Waals surface area contributed by atoms with Crippen LogP contribution in [-0.4, -0.2) is 57.0 Å². The summed E-state index contributed by atoms with van der Waals surface area (Å²) in [7, 11) is 0. The second kappa shape index (κ2) is 9.90. The first kappa shape index (κ1) is 25.6. The van der Waals surface area contributed by atoms with Crippen molar-refractivity contribution >= 4 is 22.8 Å². The number of anilines is 1. The quantitative estimate of drug-likeness (QED) is 0.476. The fraction of sp³-hybridized carbons (Fsp3) is 0.400. The molecule has 1 aromatic carbocycles. The van der Waals surface area contributed by atoms with Crippen molar-refractivity contribution in [2.24, 2.45) is 5.92 Å². The number of hydrogen-bond acceptors (Lipinski definition) is 6. The lowest BCUT2D eigenvalue weighted by Crippen LogP contribution is -2.40. The normalized spacial score (nSPS) is 18.8. The molecule has 1 fully saturated rings. The van der Waals surface area contributed by atoms with Gasteiger partial charge in [0.2, 0.25) is 5.43 Å². The molecule has 1 aliphatic heterocycles. The van der Waals surface area contributed by atoms with E-state index in [0.717, 1.165) is 10.8 Å². The van der Waals surface area contributed by atoms with Gasteiger partial charge in [-0.1, -0.05) is 20.8 Å². The lowest BCUT2D eigenvalue weighted by atomic mass is 10.0. The van der Waals surface area contributed by atoms with E-state index in [1.54, 1.807) is 4.90 Å². The van der Waals surface area contributed by atoms with E-state index in [2.05, 4.69) is 10.3 Å². The summed E-state index contributed by atoms with van der Waals surface area (Å²) in [4.78, 5) is 32.3. The smallest absolute Gasteiger partial charge is 0.257 e. The molecule has 1 aliphatic rings. The van der Waals surface area contributed by atoms with E-state index in [9.17, 15) is 33.0 Å². The van der Waals surface area contributed by atoms with Gasteiger partial charge in [-0.15, -0.1) is 0 Å². The fourth-order valence-electron chi connectivity index (χ4n) is 4.41. The number of carbonyl (C=O) groups is 1. The minimum Gasteiger partial charge on any atom is -0.389 e. The average Bonchev–Trinajstić information content (AvgIpc) is 3.15. The molecule has 3 aromatic rings. The molecular formula is C25H27F3N4O4. The molecule has 0 unspecified atom stereocenters. The first-order valence-electron chi connectivity index (χ1n) is 11.6. The van der Waals surface area contributed by atoms with Crippen molar-refractivity contribution in [3.05, 3.63) is 63.7 Å². The minimum atomic E-state index is -1.25. The number of nitrogens with zero attached hydrogens (tertiary/aromatic N) is 3. The number of rotatable bonds is 6. The van der Waals surface area contributed by atoms with E-state index in [4.69, 9.17) is 0 Å². The highest BCUT2D eigenvalue weighted by atomic mass is 19.1. The number of fused-ring (bicyclic) bond motifs is 1. The van der Waals surface area contributed by atoms with Gasteiger partial charge in [-0.2, -0.15) is 0 Å². The summed E-state index contributed by atoms with van der Waals surface area (Å²) in [5.74, 6) is -4.04. The van der Waals surface area contributed by atoms with Gasteiger partial charge in [0.25, 0.3) is 5.91 Å². The number of amides is 1. The molecule has 0 aliphatic carbocycles. The lowest BCUT2D eigenvalue weighted by Gasteiger charge is -2.22. The number of hydrogen-bond donors (Lipinski definition) is 3. The molecule has 3 atom stereocenters. The number of aliphatic hydroxyl groups is 2. The summed E-state index contributed by atoms with van der Waals surface area (Å²) >= 11 is 0. The Balaban J connectivity index is 1.94. The van der Waals surface area contributed by atoms with Gasteiger partial charge in [0.15, 0.2) is 17.3 Å². The van der Waals surface area contributed by atoms with Crippen LogP contribution in [0.25, 0.3) is 16.7 Å². The summed E-state index contributed by atoms with van der Waals surface area (Å²) in [5, 5.41) is 22.5. The highest BCUT2D eigenvalue weighted by Gasteiger charge is 2.31. The Bertz CT molecular complexity index is 1340. The Morgan fingerprint density at radius 1 is 1.14 bits per heavy atom. The van der Waals surface area contributed by atoms with Crippen LogP contribution in [0.4, 0.5) is 19.0 Å². The molecule has 1 saturated heterocycles. The summed E-state index contributed by atoms with van der Waals surface area (Å²) in [6.45, 7) is 5.81. The van der Waals surface area contributed by atoms with Gasteiger partial charge >= 0.3 is 0 Å². The van der Waals surface area contributed by atoms with Crippen molar-refractivity contribution < 1.29 is 28.2 Å². The fourth-order valence-corrected chi connectivity index (χ4v) is 4.41. The molecule has 0 spiro atoms. The molecule has 3 N–H and O–H groups in total. The molecule has 3 heterocycles. The summed E-state index contributed by atoms with van der Waals surface area (Å²) < 4.78 is 44.2. The summed E-state index contributed by atoms with van der Waals surface area (Å²) in [6, 6.07) is 3.56. The minimum absolute atomic E-state index is 0.0529. The van der Waals surface area contributed by atoms with Gasteiger partial charge < -0.3 is 20.4 Å². The SMILES string of the molecule is CC[C@@H](NC(=O)c1cn(-c2c(F)cc(F)cc2F)c2nc(N3C[C@@H](O)[C@H](O)C3)ccc2c1=O)C(C)C.